The minimum absolute atomic E-state index is 0.0991. The second-order valence-corrected chi connectivity index (χ2v) is 23.6. The van der Waals surface area contributed by atoms with Crippen molar-refractivity contribution in [3.8, 4) is 0 Å². The molecule has 3 N–H and O–H groups in total. The molecule has 0 aliphatic heterocycles. The molecule has 0 aromatic heterocycles. The first-order chi connectivity index (χ1) is 36.7. The Balaban J connectivity index is 5.13. The average Bonchev–Trinajstić information content (AvgIpc) is 3.39. The van der Waals surface area contributed by atoms with Crippen LogP contribution in [0.15, 0.2) is 0 Å². The van der Waals surface area contributed by atoms with Crippen molar-refractivity contribution in [2.24, 2.45) is 0 Å². The fourth-order valence-electron chi connectivity index (χ4n) is 8.40. The average molecular weight is 1130 g/mol. The standard InChI is InChI=1S/C57H110O17P2/c1-5-9-13-17-19-21-23-25-26-28-30-32-36-40-44-57(62)74-53(48-68-55(60)42-38-35-31-29-27-24-22-20-18-14-10-6-2)50-72-76(65,66)70-46-51(58)45-69-75(63,64)71-49-52(73-56(61)43-39-34-16-12-8-4)47-67-54(59)41-37-33-15-11-7-3/h51-53,58H,5-50H2,1-4H3,(H,63,64)(H,65,66)/t51-,52+,53+/m0/s1. The summed E-state index contributed by atoms with van der Waals surface area (Å²) in [5.41, 5.74) is 0. The van der Waals surface area contributed by atoms with Gasteiger partial charge in [0.2, 0.25) is 0 Å². The first-order valence-corrected chi connectivity index (χ1v) is 33.3. The summed E-state index contributed by atoms with van der Waals surface area (Å²) >= 11 is 0. The molecule has 5 atom stereocenters. The first-order valence-electron chi connectivity index (χ1n) is 30.3. The summed E-state index contributed by atoms with van der Waals surface area (Å²) in [6.07, 6.45) is 35.5. The van der Waals surface area contributed by atoms with E-state index in [0.29, 0.717) is 25.7 Å². The Morgan fingerprint density at radius 2 is 0.526 bits per heavy atom. The molecular weight excluding hydrogens is 1020 g/mol. The highest BCUT2D eigenvalue weighted by Crippen LogP contribution is 2.45. The van der Waals surface area contributed by atoms with Crippen LogP contribution in [0.4, 0.5) is 0 Å². The quantitative estimate of drug-likeness (QED) is 0.0222. The molecule has 0 saturated carbocycles. The van der Waals surface area contributed by atoms with Gasteiger partial charge in [0.1, 0.15) is 19.3 Å². The Bertz CT molecular complexity index is 1490. The number of ether oxygens (including phenoxy) is 4. The predicted octanol–water partition coefficient (Wildman–Crippen LogP) is 15.2. The monoisotopic (exact) mass is 1130 g/mol. The second-order valence-electron chi connectivity index (χ2n) is 20.7. The fourth-order valence-corrected chi connectivity index (χ4v) is 9.98. The maximum absolute atomic E-state index is 12.9. The van der Waals surface area contributed by atoms with Gasteiger partial charge in [-0.15, -0.1) is 0 Å². The van der Waals surface area contributed by atoms with Crippen LogP contribution in [0.5, 0.6) is 0 Å². The molecular formula is C57H110O17P2. The minimum atomic E-state index is -4.93. The van der Waals surface area contributed by atoms with Crippen LogP contribution in [-0.2, 0) is 65.4 Å². The maximum atomic E-state index is 12.9. The largest absolute Gasteiger partial charge is 0.472 e. The van der Waals surface area contributed by atoms with E-state index in [1.54, 1.807) is 0 Å². The van der Waals surface area contributed by atoms with Crippen LogP contribution in [-0.4, -0.2) is 96.7 Å². The van der Waals surface area contributed by atoms with Crippen molar-refractivity contribution in [3.05, 3.63) is 0 Å². The number of carbonyl (C=O) groups excluding carboxylic acids is 4. The van der Waals surface area contributed by atoms with E-state index in [-0.39, 0.29) is 25.7 Å². The van der Waals surface area contributed by atoms with Crippen LogP contribution < -0.4 is 0 Å². The maximum Gasteiger partial charge on any atom is 0.472 e. The number of unbranched alkanes of at least 4 members (excludes halogenated alkanes) is 32. The van der Waals surface area contributed by atoms with Crippen molar-refractivity contribution in [2.45, 2.75) is 303 Å². The van der Waals surface area contributed by atoms with Crippen molar-refractivity contribution < 1.29 is 80.2 Å². The van der Waals surface area contributed by atoms with Crippen LogP contribution in [0.3, 0.4) is 0 Å². The van der Waals surface area contributed by atoms with E-state index in [1.165, 1.54) is 109 Å². The molecule has 0 spiro atoms. The molecule has 0 radical (unpaired) electrons. The number of aliphatic hydroxyl groups is 1. The Hall–Kier alpha value is -1.94. The molecule has 19 heteroatoms. The lowest BCUT2D eigenvalue weighted by Gasteiger charge is -2.21. The van der Waals surface area contributed by atoms with Crippen LogP contribution in [0.2, 0.25) is 0 Å². The lowest BCUT2D eigenvalue weighted by molar-refractivity contribution is -0.161. The molecule has 2 unspecified atom stereocenters. The lowest BCUT2D eigenvalue weighted by atomic mass is 10.0. The van der Waals surface area contributed by atoms with Crippen molar-refractivity contribution in [1.82, 2.24) is 0 Å². The van der Waals surface area contributed by atoms with Gasteiger partial charge in [-0.05, 0) is 25.7 Å². The molecule has 0 saturated heterocycles. The Labute approximate surface area is 460 Å². The molecule has 0 fully saturated rings. The van der Waals surface area contributed by atoms with Gasteiger partial charge in [-0.2, -0.15) is 0 Å². The van der Waals surface area contributed by atoms with Gasteiger partial charge in [-0.25, -0.2) is 9.13 Å². The zero-order valence-corrected chi connectivity index (χ0v) is 50.0. The van der Waals surface area contributed by atoms with Crippen molar-refractivity contribution in [2.75, 3.05) is 39.6 Å². The van der Waals surface area contributed by atoms with Crippen molar-refractivity contribution in [1.29, 1.82) is 0 Å². The summed E-state index contributed by atoms with van der Waals surface area (Å²) in [6.45, 7) is 4.66. The summed E-state index contributed by atoms with van der Waals surface area (Å²) in [5, 5.41) is 10.4. The van der Waals surface area contributed by atoms with Gasteiger partial charge < -0.3 is 33.8 Å². The highest BCUT2D eigenvalue weighted by Gasteiger charge is 2.30. The fraction of sp³-hybridized carbons (Fsp3) is 0.930. The number of esters is 4. The van der Waals surface area contributed by atoms with Crippen molar-refractivity contribution >= 4 is 39.5 Å². The SMILES string of the molecule is CCCCCCCCCCCCCCCCC(=O)O[C@H](COC(=O)CCCCCCCCCCCCCC)COP(=O)(O)OC[C@@H](O)COP(=O)(O)OC[C@@H](COC(=O)CCCCCCC)OC(=O)CCCCCCC. The molecule has 0 rings (SSSR count). The second kappa shape index (κ2) is 52.4. The van der Waals surface area contributed by atoms with Crippen LogP contribution in [0.25, 0.3) is 0 Å². The minimum Gasteiger partial charge on any atom is -0.462 e. The summed E-state index contributed by atoms with van der Waals surface area (Å²) in [7, 11) is -9.85. The smallest absolute Gasteiger partial charge is 0.462 e. The number of aliphatic hydroxyl groups excluding tert-OH is 1. The normalized spacial score (nSPS) is 14.4. The molecule has 17 nitrogen and oxygen atoms in total. The molecule has 0 aliphatic rings. The van der Waals surface area contributed by atoms with E-state index in [0.717, 1.165) is 96.3 Å². The number of rotatable bonds is 58. The highest BCUT2D eigenvalue weighted by molar-refractivity contribution is 7.47. The van der Waals surface area contributed by atoms with E-state index in [1.807, 2.05) is 0 Å². The zero-order chi connectivity index (χ0) is 56.2. The summed E-state index contributed by atoms with van der Waals surface area (Å²) in [6, 6.07) is 0. The Morgan fingerprint density at radius 1 is 0.316 bits per heavy atom. The zero-order valence-electron chi connectivity index (χ0n) is 48.2. The molecule has 0 aliphatic carbocycles. The molecule has 0 amide bonds. The Kier molecular flexibility index (Phi) is 51.1. The molecule has 0 aromatic carbocycles. The summed E-state index contributed by atoms with van der Waals surface area (Å²) in [5.74, 6) is -2.16. The lowest BCUT2D eigenvalue weighted by Crippen LogP contribution is -2.30. The Morgan fingerprint density at radius 3 is 0.776 bits per heavy atom. The molecule has 0 bridgehead atoms. The third-order valence-electron chi connectivity index (χ3n) is 13.1. The topological polar surface area (TPSA) is 237 Å². The molecule has 450 valence electrons. The van der Waals surface area contributed by atoms with E-state index in [9.17, 15) is 43.2 Å². The number of phosphoric acid groups is 2. The molecule has 76 heavy (non-hydrogen) atoms. The van der Waals surface area contributed by atoms with E-state index in [2.05, 4.69) is 27.7 Å². The third-order valence-corrected chi connectivity index (χ3v) is 15.0. The van der Waals surface area contributed by atoms with Gasteiger partial charge in [0.25, 0.3) is 0 Å². The first kappa shape index (κ1) is 74.1. The van der Waals surface area contributed by atoms with Gasteiger partial charge in [0.15, 0.2) is 12.2 Å². The van der Waals surface area contributed by atoms with Gasteiger partial charge in [-0.3, -0.25) is 37.3 Å². The number of carbonyl (C=O) groups is 4. The third kappa shape index (κ3) is 51.5. The highest BCUT2D eigenvalue weighted by atomic mass is 31.2. The van der Waals surface area contributed by atoms with Crippen LogP contribution in [0.1, 0.15) is 285 Å². The van der Waals surface area contributed by atoms with E-state index >= 15 is 0 Å². The van der Waals surface area contributed by atoms with Crippen molar-refractivity contribution in [3.63, 3.8) is 0 Å². The molecule has 0 heterocycles. The number of hydrogen-bond acceptors (Lipinski definition) is 15. The predicted molar refractivity (Wildman–Crippen MR) is 299 cm³/mol. The van der Waals surface area contributed by atoms with E-state index in [4.69, 9.17) is 37.0 Å². The number of phosphoric ester groups is 2. The summed E-state index contributed by atoms with van der Waals surface area (Å²) < 4.78 is 67.3. The van der Waals surface area contributed by atoms with Gasteiger partial charge in [0, 0.05) is 25.7 Å². The summed E-state index contributed by atoms with van der Waals surface area (Å²) in [4.78, 5) is 71.4. The van der Waals surface area contributed by atoms with Crippen LogP contribution in [0, 0.1) is 0 Å². The number of hydrogen-bond donors (Lipinski definition) is 3. The van der Waals surface area contributed by atoms with E-state index < -0.39 is 97.5 Å². The molecule has 0 aromatic rings. The van der Waals surface area contributed by atoms with Gasteiger partial charge in [0.05, 0.1) is 26.4 Å². The van der Waals surface area contributed by atoms with Gasteiger partial charge >= 0.3 is 39.5 Å². The van der Waals surface area contributed by atoms with Crippen LogP contribution >= 0.6 is 15.6 Å². The van der Waals surface area contributed by atoms with Gasteiger partial charge in [-0.1, -0.05) is 233 Å².